The molecule has 1 aromatic heterocycles. The predicted molar refractivity (Wildman–Crippen MR) is 135 cm³/mol. The summed E-state index contributed by atoms with van der Waals surface area (Å²) in [7, 11) is -0.151. The van der Waals surface area contributed by atoms with Crippen molar-refractivity contribution in [3.63, 3.8) is 0 Å². The van der Waals surface area contributed by atoms with E-state index >= 15 is 0 Å². The van der Waals surface area contributed by atoms with Crippen LogP contribution in [-0.4, -0.2) is 8.76 Å². The Bertz CT molecular complexity index is 1230. The van der Waals surface area contributed by atoms with E-state index in [-0.39, 0.29) is 12.9 Å². The lowest BCUT2D eigenvalue weighted by atomic mass is 9.78. The number of rotatable bonds is 7. The molecular weight excluding hydrogens is 451 g/mol. The Balaban J connectivity index is 1.45. The van der Waals surface area contributed by atoms with E-state index in [0.29, 0.717) is 16.4 Å². The molecule has 33 heavy (non-hydrogen) atoms. The number of hydrogen-bond donors (Lipinski definition) is 1. The van der Waals surface area contributed by atoms with Gasteiger partial charge in [0.15, 0.2) is 11.1 Å². The second-order valence-electron chi connectivity index (χ2n) is 8.30. The molecule has 0 aliphatic carbocycles. The van der Waals surface area contributed by atoms with Crippen LogP contribution in [0.1, 0.15) is 25.0 Å². The fourth-order valence-corrected chi connectivity index (χ4v) is 4.73. The zero-order valence-electron chi connectivity index (χ0n) is 18.8. The van der Waals surface area contributed by atoms with Gasteiger partial charge in [-0.15, -0.1) is 0 Å². The van der Waals surface area contributed by atoms with Crippen LogP contribution in [0, 0.1) is 0 Å². The van der Waals surface area contributed by atoms with Crippen LogP contribution in [0.2, 0.25) is 0 Å². The molecule has 0 aliphatic heterocycles. The van der Waals surface area contributed by atoms with Crippen molar-refractivity contribution in [2.45, 2.75) is 24.2 Å². The Morgan fingerprint density at radius 1 is 0.667 bits per heavy atom. The third kappa shape index (κ3) is 5.69. The van der Waals surface area contributed by atoms with Gasteiger partial charge in [-0.3, -0.25) is 0 Å². The summed E-state index contributed by atoms with van der Waals surface area (Å²) in [6.07, 6.45) is 0. The van der Waals surface area contributed by atoms with E-state index in [9.17, 15) is 4.21 Å². The molecule has 0 bridgehead atoms. The van der Waals surface area contributed by atoms with Crippen LogP contribution in [0.3, 0.4) is 0 Å². The van der Waals surface area contributed by atoms with Gasteiger partial charge in [0.2, 0.25) is 0 Å². The second kappa shape index (κ2) is 9.88. The topological polar surface area (TPSA) is 55.8 Å². The molecule has 0 saturated carbocycles. The van der Waals surface area contributed by atoms with E-state index < -0.39 is 11.1 Å². The van der Waals surface area contributed by atoms with Crippen molar-refractivity contribution < 1.29 is 18.2 Å². The molecule has 4 nitrogen and oxygen atoms in total. The minimum Gasteiger partial charge on any atom is -0.457 e. The summed E-state index contributed by atoms with van der Waals surface area (Å²) in [5.74, 6) is 7.36. The van der Waals surface area contributed by atoms with Crippen LogP contribution in [0.25, 0.3) is 0 Å². The fourth-order valence-electron chi connectivity index (χ4n) is 3.50. The lowest BCUT2D eigenvalue weighted by Crippen LogP contribution is -2.18. The van der Waals surface area contributed by atoms with E-state index in [2.05, 4.69) is 56.4 Å². The maximum atomic E-state index is 11.1. The second-order valence-corrected chi connectivity index (χ2v) is 11.2. The number of aryl methyl sites for hydroxylation is 1. The smallest absolute Gasteiger partial charge is 0.186 e. The predicted octanol–water partition coefficient (Wildman–Crippen LogP) is 7.98. The highest BCUT2D eigenvalue weighted by Crippen LogP contribution is 2.35. The first-order valence-corrected chi connectivity index (χ1v) is 13.6. The van der Waals surface area contributed by atoms with Gasteiger partial charge in [0.1, 0.15) is 48.8 Å². The molecule has 4 rings (SSSR count). The molecule has 0 amide bonds. The lowest BCUT2D eigenvalue weighted by Gasteiger charge is -2.26. The third-order valence-electron chi connectivity index (χ3n) is 5.60. The Kier molecular flexibility index (Phi) is 6.94. The minimum absolute atomic E-state index is 0.151. The molecule has 6 heteroatoms. The summed E-state index contributed by atoms with van der Waals surface area (Å²) >= 11 is -1.99. The maximum Gasteiger partial charge on any atom is 0.186 e. The van der Waals surface area contributed by atoms with Crippen LogP contribution in [0.5, 0.6) is 23.0 Å². The molecule has 168 valence electrons. The van der Waals surface area contributed by atoms with E-state index in [1.165, 1.54) is 11.1 Å². The summed E-state index contributed by atoms with van der Waals surface area (Å²) in [5.41, 5.74) is 2.16. The zero-order valence-corrected chi connectivity index (χ0v) is 20.5. The van der Waals surface area contributed by atoms with Crippen molar-refractivity contribution >= 4 is 18.6 Å². The van der Waals surface area contributed by atoms with Crippen LogP contribution < -0.4 is 9.47 Å². The fraction of sp³-hybridized carbons (Fsp3) is 0.148. The molecule has 0 aliphatic rings. The van der Waals surface area contributed by atoms with Crippen LogP contribution in [0.15, 0.2) is 101 Å². The molecule has 3 aromatic carbocycles. The van der Waals surface area contributed by atoms with Crippen molar-refractivity contribution in [2.75, 3.05) is 0 Å². The van der Waals surface area contributed by atoms with Gasteiger partial charge in [0.05, 0.1) is 4.90 Å². The normalized spacial score (nSPS) is 12.2. The van der Waals surface area contributed by atoms with E-state index in [0.717, 1.165) is 11.5 Å². The van der Waals surface area contributed by atoms with Crippen molar-refractivity contribution in [2.24, 2.45) is 6.66 Å². The number of ether oxygens (including phenoxy) is 2. The van der Waals surface area contributed by atoms with Gasteiger partial charge in [-0.05, 0) is 59.7 Å². The van der Waals surface area contributed by atoms with Crippen LogP contribution in [-0.2, 0) is 23.2 Å². The number of hydrogen-bond acceptors (Lipinski definition) is 3. The Morgan fingerprint density at radius 3 is 1.42 bits per heavy atom. The van der Waals surface area contributed by atoms with Crippen molar-refractivity contribution in [3.05, 3.63) is 108 Å². The van der Waals surface area contributed by atoms with E-state index in [1.807, 2.05) is 36.4 Å². The number of benzene rings is 3. The Hall–Kier alpha value is -2.98. The first-order chi connectivity index (χ1) is 15.8. The highest BCUT2D eigenvalue weighted by atomic mass is 32.2. The SMILES string of the molecule is C[p+]1ccc(Oc2ccc(C(C)(C)c3ccc(Oc4ccc(S(=O)O)cc4)cc3)cc2)cc1. The highest BCUT2D eigenvalue weighted by Gasteiger charge is 2.23. The molecule has 1 unspecified atom stereocenters. The first-order valence-electron chi connectivity index (χ1n) is 10.5. The molecular formula is C27H26O4PS+. The van der Waals surface area contributed by atoms with Crippen LogP contribution in [0.4, 0.5) is 0 Å². The van der Waals surface area contributed by atoms with E-state index in [4.69, 9.17) is 14.0 Å². The monoisotopic (exact) mass is 477 g/mol. The summed E-state index contributed by atoms with van der Waals surface area (Å²) in [6.45, 7) is 6.59. The summed E-state index contributed by atoms with van der Waals surface area (Å²) < 4.78 is 32.1. The standard InChI is InChI=1S/C27H25O4PS/c1-27(2,21-6-10-23(11-7-21)31-25-16-18-32(3)19-17-25)20-4-8-22(9-5-20)30-24-12-14-26(15-13-24)33(28)29/h4-19H,1-3H3/p+1. The van der Waals surface area contributed by atoms with Gasteiger partial charge in [0.25, 0.3) is 0 Å². The van der Waals surface area contributed by atoms with Gasteiger partial charge in [-0.25, -0.2) is 4.21 Å². The molecule has 1 N–H and O–H groups in total. The quantitative estimate of drug-likeness (QED) is 0.274. The van der Waals surface area contributed by atoms with Gasteiger partial charge in [0, 0.05) is 17.5 Å². The molecule has 0 radical (unpaired) electrons. The maximum absolute atomic E-state index is 11.1. The van der Waals surface area contributed by atoms with Gasteiger partial charge in [-0.2, -0.15) is 0 Å². The average molecular weight is 478 g/mol. The minimum atomic E-state index is -1.99. The highest BCUT2D eigenvalue weighted by molar-refractivity contribution is 7.79. The van der Waals surface area contributed by atoms with Gasteiger partial charge >= 0.3 is 0 Å². The molecule has 1 heterocycles. The van der Waals surface area contributed by atoms with Crippen LogP contribution >= 0.6 is 7.53 Å². The first kappa shape index (κ1) is 23.2. The Labute approximate surface area is 198 Å². The third-order valence-corrected chi connectivity index (χ3v) is 7.51. The summed E-state index contributed by atoms with van der Waals surface area (Å²) in [6, 6.07) is 26.8. The average Bonchev–Trinajstić information content (AvgIpc) is 2.82. The molecule has 0 saturated heterocycles. The molecule has 0 fully saturated rings. The van der Waals surface area contributed by atoms with Crippen molar-refractivity contribution in [3.8, 4) is 23.0 Å². The van der Waals surface area contributed by atoms with Gasteiger partial charge in [-0.1, -0.05) is 38.1 Å². The van der Waals surface area contributed by atoms with Crippen molar-refractivity contribution in [1.29, 1.82) is 0 Å². The Morgan fingerprint density at radius 2 is 1.03 bits per heavy atom. The van der Waals surface area contributed by atoms with E-state index in [1.54, 1.807) is 24.3 Å². The summed E-state index contributed by atoms with van der Waals surface area (Å²) in [5, 5.41) is 0. The largest absolute Gasteiger partial charge is 0.457 e. The van der Waals surface area contributed by atoms with Crippen molar-refractivity contribution in [1.82, 2.24) is 0 Å². The molecule has 1 atom stereocenters. The summed E-state index contributed by atoms with van der Waals surface area (Å²) in [4.78, 5) is 0.344. The molecule has 4 aromatic rings. The lowest BCUT2D eigenvalue weighted by molar-refractivity contribution is 0.481. The molecule has 0 spiro atoms. The zero-order chi connectivity index (χ0) is 23.4. The van der Waals surface area contributed by atoms with Gasteiger partial charge < -0.3 is 14.0 Å².